The number of carbonyl (C=O) groups excluding carboxylic acids is 1. The van der Waals surface area contributed by atoms with Gasteiger partial charge in [-0.1, -0.05) is 30.3 Å². The summed E-state index contributed by atoms with van der Waals surface area (Å²) in [7, 11) is 0. The molecule has 1 aromatic rings. The Morgan fingerprint density at radius 1 is 1.18 bits per heavy atom. The highest BCUT2D eigenvalue weighted by molar-refractivity contribution is 5.77. The zero-order chi connectivity index (χ0) is 15.8. The first kappa shape index (κ1) is 16.9. The third kappa shape index (κ3) is 5.40. The van der Waals surface area contributed by atoms with Gasteiger partial charge < -0.3 is 15.3 Å². The van der Waals surface area contributed by atoms with Crippen molar-refractivity contribution in [1.82, 2.24) is 15.1 Å². The van der Waals surface area contributed by atoms with E-state index in [0.717, 1.165) is 44.7 Å². The van der Waals surface area contributed by atoms with E-state index in [1.807, 2.05) is 37.3 Å². The summed E-state index contributed by atoms with van der Waals surface area (Å²) in [6, 6.07) is 9.81. The molecule has 1 heterocycles. The number of piperazine rings is 1. The number of hydrogen-bond acceptors (Lipinski definition) is 4. The van der Waals surface area contributed by atoms with Crippen molar-refractivity contribution in [1.29, 1.82) is 0 Å². The van der Waals surface area contributed by atoms with Gasteiger partial charge in [0.2, 0.25) is 5.91 Å². The van der Waals surface area contributed by atoms with Crippen molar-refractivity contribution in [2.24, 2.45) is 0 Å². The summed E-state index contributed by atoms with van der Waals surface area (Å²) < 4.78 is 0. The quantitative estimate of drug-likeness (QED) is 0.785. The molecule has 1 amide bonds. The number of likely N-dealkylation sites (N-methyl/N-ethyl adjacent to an activating group) is 1. The van der Waals surface area contributed by atoms with Crippen molar-refractivity contribution in [2.45, 2.75) is 19.4 Å². The van der Waals surface area contributed by atoms with Crippen LogP contribution in [-0.2, 0) is 4.79 Å². The molecule has 2 rings (SSSR count). The third-order valence-corrected chi connectivity index (χ3v) is 4.11. The molecular weight excluding hydrogens is 278 g/mol. The van der Waals surface area contributed by atoms with Crippen LogP contribution in [0.25, 0.3) is 0 Å². The largest absolute Gasteiger partial charge is 0.388 e. The Morgan fingerprint density at radius 2 is 1.82 bits per heavy atom. The molecule has 2 N–H and O–H groups in total. The number of aliphatic hydroxyl groups excluding tert-OH is 1. The van der Waals surface area contributed by atoms with Crippen LogP contribution in [0.3, 0.4) is 0 Å². The first-order chi connectivity index (χ1) is 10.7. The highest BCUT2D eigenvalue weighted by atomic mass is 16.3. The summed E-state index contributed by atoms with van der Waals surface area (Å²) in [5.41, 5.74) is 0.984. The second kappa shape index (κ2) is 8.88. The fourth-order valence-electron chi connectivity index (χ4n) is 2.77. The topological polar surface area (TPSA) is 55.8 Å². The minimum atomic E-state index is -0.394. The smallest absolute Gasteiger partial charge is 0.234 e. The van der Waals surface area contributed by atoms with Gasteiger partial charge >= 0.3 is 0 Å². The van der Waals surface area contributed by atoms with Gasteiger partial charge in [-0.05, 0) is 18.9 Å². The summed E-state index contributed by atoms with van der Waals surface area (Å²) in [5.74, 6) is 0.107. The van der Waals surface area contributed by atoms with Crippen LogP contribution in [0.1, 0.15) is 25.0 Å². The van der Waals surface area contributed by atoms with Gasteiger partial charge in [-0.25, -0.2) is 0 Å². The van der Waals surface area contributed by atoms with Crippen LogP contribution >= 0.6 is 0 Å². The number of amides is 1. The molecular formula is C17H27N3O2. The highest BCUT2D eigenvalue weighted by Gasteiger charge is 2.19. The molecule has 0 aromatic heterocycles. The predicted molar refractivity (Wildman–Crippen MR) is 87.6 cm³/mol. The van der Waals surface area contributed by atoms with Gasteiger partial charge in [0.25, 0.3) is 0 Å². The molecule has 0 radical (unpaired) electrons. The van der Waals surface area contributed by atoms with Crippen molar-refractivity contribution in [3.05, 3.63) is 35.9 Å². The first-order valence-corrected chi connectivity index (χ1v) is 8.13. The molecule has 1 aromatic carbocycles. The fourth-order valence-corrected chi connectivity index (χ4v) is 2.77. The average Bonchev–Trinajstić information content (AvgIpc) is 2.55. The number of carbonyl (C=O) groups is 1. The Morgan fingerprint density at radius 3 is 2.45 bits per heavy atom. The molecule has 1 fully saturated rings. The molecule has 1 aliphatic rings. The van der Waals surface area contributed by atoms with Gasteiger partial charge in [-0.3, -0.25) is 9.69 Å². The van der Waals surface area contributed by atoms with Crippen LogP contribution in [0.2, 0.25) is 0 Å². The van der Waals surface area contributed by atoms with Gasteiger partial charge in [0, 0.05) is 39.3 Å². The molecule has 0 saturated carbocycles. The molecule has 0 bridgehead atoms. The molecule has 0 spiro atoms. The molecule has 0 aliphatic carbocycles. The fraction of sp³-hybridized carbons (Fsp3) is 0.588. The van der Waals surface area contributed by atoms with Crippen LogP contribution in [0.15, 0.2) is 30.3 Å². The lowest BCUT2D eigenvalue weighted by Gasteiger charge is -2.34. The molecule has 1 saturated heterocycles. The van der Waals surface area contributed by atoms with Crippen molar-refractivity contribution in [3.63, 3.8) is 0 Å². The van der Waals surface area contributed by atoms with Crippen molar-refractivity contribution in [2.75, 3.05) is 45.8 Å². The lowest BCUT2D eigenvalue weighted by molar-refractivity contribution is -0.122. The van der Waals surface area contributed by atoms with Crippen LogP contribution in [0, 0.1) is 0 Å². The zero-order valence-corrected chi connectivity index (χ0v) is 13.4. The molecule has 0 unspecified atom stereocenters. The van der Waals surface area contributed by atoms with E-state index >= 15 is 0 Å². The Labute approximate surface area is 132 Å². The van der Waals surface area contributed by atoms with Gasteiger partial charge in [-0.15, -0.1) is 0 Å². The molecule has 1 aliphatic heterocycles. The Balaban J connectivity index is 1.66. The highest BCUT2D eigenvalue weighted by Crippen LogP contribution is 2.16. The Bertz CT molecular complexity index is 444. The summed E-state index contributed by atoms with van der Waals surface area (Å²) in [6.07, 6.45) is 0.356. The SMILES string of the molecule is CCNC(=O)CN1CCN(CC[C@@H](O)c2ccccc2)CC1. The minimum Gasteiger partial charge on any atom is -0.388 e. The minimum absolute atomic E-state index is 0.107. The van der Waals surface area contributed by atoms with E-state index in [1.165, 1.54) is 0 Å². The number of nitrogens with zero attached hydrogens (tertiary/aromatic N) is 2. The number of benzene rings is 1. The second-order valence-electron chi connectivity index (χ2n) is 5.79. The maximum Gasteiger partial charge on any atom is 0.234 e. The summed E-state index contributed by atoms with van der Waals surface area (Å²) in [6.45, 7) is 7.77. The molecule has 5 heteroatoms. The van der Waals surface area contributed by atoms with Gasteiger partial charge in [-0.2, -0.15) is 0 Å². The van der Waals surface area contributed by atoms with E-state index in [2.05, 4.69) is 15.1 Å². The van der Waals surface area contributed by atoms with E-state index < -0.39 is 6.10 Å². The zero-order valence-electron chi connectivity index (χ0n) is 13.4. The summed E-state index contributed by atoms with van der Waals surface area (Å²) >= 11 is 0. The number of aliphatic hydroxyl groups is 1. The van der Waals surface area contributed by atoms with E-state index in [-0.39, 0.29) is 5.91 Å². The summed E-state index contributed by atoms with van der Waals surface area (Å²) in [4.78, 5) is 16.1. The van der Waals surface area contributed by atoms with Gasteiger partial charge in [0.1, 0.15) is 0 Å². The maximum absolute atomic E-state index is 11.6. The van der Waals surface area contributed by atoms with Crippen molar-refractivity contribution < 1.29 is 9.90 Å². The molecule has 5 nitrogen and oxygen atoms in total. The molecule has 1 atom stereocenters. The van der Waals surface area contributed by atoms with Gasteiger partial charge in [0.05, 0.1) is 12.6 Å². The first-order valence-electron chi connectivity index (χ1n) is 8.13. The number of rotatable bonds is 7. The van der Waals surface area contributed by atoms with Crippen LogP contribution in [0.5, 0.6) is 0 Å². The van der Waals surface area contributed by atoms with Crippen LogP contribution in [-0.4, -0.2) is 66.6 Å². The Hall–Kier alpha value is -1.43. The van der Waals surface area contributed by atoms with Crippen LogP contribution < -0.4 is 5.32 Å². The molecule has 122 valence electrons. The summed E-state index contributed by atoms with van der Waals surface area (Å²) in [5, 5.41) is 13.0. The lowest BCUT2D eigenvalue weighted by atomic mass is 10.1. The maximum atomic E-state index is 11.6. The second-order valence-corrected chi connectivity index (χ2v) is 5.79. The lowest BCUT2D eigenvalue weighted by Crippen LogP contribution is -2.49. The van der Waals surface area contributed by atoms with E-state index in [0.29, 0.717) is 13.1 Å². The van der Waals surface area contributed by atoms with Gasteiger partial charge in [0.15, 0.2) is 0 Å². The normalized spacial score (nSPS) is 18.1. The van der Waals surface area contributed by atoms with E-state index in [9.17, 15) is 9.90 Å². The monoisotopic (exact) mass is 305 g/mol. The predicted octanol–water partition coefficient (Wildman–Crippen LogP) is 0.864. The third-order valence-electron chi connectivity index (χ3n) is 4.11. The van der Waals surface area contributed by atoms with Crippen molar-refractivity contribution in [3.8, 4) is 0 Å². The van der Waals surface area contributed by atoms with Crippen LogP contribution in [0.4, 0.5) is 0 Å². The number of nitrogens with one attached hydrogen (secondary N) is 1. The number of hydrogen-bond donors (Lipinski definition) is 2. The van der Waals surface area contributed by atoms with E-state index in [4.69, 9.17) is 0 Å². The average molecular weight is 305 g/mol. The van der Waals surface area contributed by atoms with Crippen molar-refractivity contribution >= 4 is 5.91 Å². The standard InChI is InChI=1S/C17H27N3O2/c1-2-18-17(22)14-20-12-10-19(11-13-20)9-8-16(21)15-6-4-3-5-7-15/h3-7,16,21H,2,8-14H2,1H3,(H,18,22)/t16-/m1/s1. The van der Waals surface area contributed by atoms with E-state index in [1.54, 1.807) is 0 Å². The molecule has 22 heavy (non-hydrogen) atoms. The Kier molecular flexibility index (Phi) is 6.83.